The number of hydrogen-bond donors (Lipinski definition) is 0. The Hall–Kier alpha value is -2.41. The first-order chi connectivity index (χ1) is 14.0. The average Bonchev–Trinajstić information content (AvgIpc) is 2.70. The topological polar surface area (TPSA) is 30.8 Å². The van der Waals surface area contributed by atoms with E-state index >= 15 is 0 Å². The minimum atomic E-state index is -0.259. The maximum atomic E-state index is 13.1. The fourth-order valence-corrected chi connectivity index (χ4v) is 3.54. The molecule has 3 aromatic carbocycles. The van der Waals surface area contributed by atoms with Crippen LogP contribution in [0.3, 0.4) is 0 Å². The lowest BCUT2D eigenvalue weighted by Crippen LogP contribution is -2.02. The highest BCUT2D eigenvalue weighted by Gasteiger charge is 2.12. The van der Waals surface area contributed by atoms with Crippen LogP contribution in [0.15, 0.2) is 59.6 Å². The molecule has 0 amide bonds. The lowest BCUT2D eigenvalue weighted by molar-refractivity contribution is 0.267. The second-order valence-electron chi connectivity index (χ2n) is 6.70. The first-order valence-corrected chi connectivity index (χ1v) is 10.5. The molecule has 150 valence electrons. The van der Waals surface area contributed by atoms with Crippen molar-refractivity contribution in [3.8, 4) is 11.5 Å². The highest BCUT2D eigenvalue weighted by molar-refractivity contribution is 14.1. The van der Waals surface area contributed by atoms with Crippen LogP contribution in [-0.2, 0) is 6.61 Å². The van der Waals surface area contributed by atoms with E-state index in [1.165, 1.54) is 23.3 Å². The number of ether oxygens (including phenoxy) is 2. The van der Waals surface area contributed by atoms with E-state index in [1.54, 1.807) is 12.1 Å². The fraction of sp³-hybridized carbons (Fsp3) is 0.208. The Balaban J connectivity index is 1.82. The molecular formula is C24H23FINO2. The summed E-state index contributed by atoms with van der Waals surface area (Å²) in [6, 6.07) is 16.4. The van der Waals surface area contributed by atoms with Crippen molar-refractivity contribution in [1.82, 2.24) is 0 Å². The standard InChI is InChI=1S/C24H23FINO2/c1-4-28-23-13-19(14-27-21-10-5-16(2)17(3)11-21)12-22(26)24(23)29-15-18-6-8-20(25)9-7-18/h5-14H,4,15H2,1-3H3. The highest BCUT2D eigenvalue weighted by Crippen LogP contribution is 2.34. The summed E-state index contributed by atoms with van der Waals surface area (Å²) in [5.41, 5.74) is 5.21. The summed E-state index contributed by atoms with van der Waals surface area (Å²) in [7, 11) is 0. The quantitative estimate of drug-likeness (QED) is 0.263. The minimum absolute atomic E-state index is 0.259. The maximum absolute atomic E-state index is 13.1. The maximum Gasteiger partial charge on any atom is 0.175 e. The number of aryl methyl sites for hydroxylation is 2. The molecule has 0 N–H and O–H groups in total. The minimum Gasteiger partial charge on any atom is -0.490 e. The summed E-state index contributed by atoms with van der Waals surface area (Å²) >= 11 is 2.24. The van der Waals surface area contributed by atoms with Crippen LogP contribution in [0, 0.1) is 23.2 Å². The molecule has 0 unspecified atom stereocenters. The number of nitrogens with zero attached hydrogens (tertiary/aromatic N) is 1. The van der Waals surface area contributed by atoms with E-state index in [0.29, 0.717) is 24.7 Å². The Morgan fingerprint density at radius 2 is 1.72 bits per heavy atom. The van der Waals surface area contributed by atoms with Gasteiger partial charge in [-0.15, -0.1) is 0 Å². The number of hydrogen-bond acceptors (Lipinski definition) is 3. The van der Waals surface area contributed by atoms with Crippen LogP contribution in [-0.4, -0.2) is 12.8 Å². The fourth-order valence-electron chi connectivity index (χ4n) is 2.76. The molecule has 0 saturated carbocycles. The van der Waals surface area contributed by atoms with Crippen LogP contribution in [0.4, 0.5) is 10.1 Å². The Bertz CT molecular complexity index is 1020. The zero-order valence-electron chi connectivity index (χ0n) is 16.7. The molecule has 5 heteroatoms. The highest BCUT2D eigenvalue weighted by atomic mass is 127. The van der Waals surface area contributed by atoms with Crippen molar-refractivity contribution in [3.63, 3.8) is 0 Å². The molecule has 0 aromatic heterocycles. The Morgan fingerprint density at radius 1 is 0.966 bits per heavy atom. The van der Waals surface area contributed by atoms with Gasteiger partial charge < -0.3 is 9.47 Å². The second-order valence-corrected chi connectivity index (χ2v) is 7.87. The number of rotatable bonds is 7. The molecule has 0 spiro atoms. The summed E-state index contributed by atoms with van der Waals surface area (Å²) < 4.78 is 25.8. The third kappa shape index (κ3) is 5.79. The monoisotopic (exact) mass is 503 g/mol. The van der Waals surface area contributed by atoms with Gasteiger partial charge in [-0.25, -0.2) is 4.39 Å². The van der Waals surface area contributed by atoms with E-state index in [2.05, 4.69) is 53.6 Å². The van der Waals surface area contributed by atoms with Gasteiger partial charge in [0.15, 0.2) is 11.5 Å². The molecule has 3 rings (SSSR count). The largest absolute Gasteiger partial charge is 0.490 e. The van der Waals surface area contributed by atoms with Crippen molar-refractivity contribution in [2.45, 2.75) is 27.4 Å². The second kappa shape index (κ2) is 9.87. The van der Waals surface area contributed by atoms with Crippen molar-refractivity contribution in [2.75, 3.05) is 6.61 Å². The molecule has 0 saturated heterocycles. The third-order valence-electron chi connectivity index (χ3n) is 4.48. The van der Waals surface area contributed by atoms with Crippen molar-refractivity contribution in [3.05, 3.63) is 86.2 Å². The molecule has 29 heavy (non-hydrogen) atoms. The van der Waals surface area contributed by atoms with Gasteiger partial charge in [-0.1, -0.05) is 18.2 Å². The van der Waals surface area contributed by atoms with Crippen LogP contribution in [0.2, 0.25) is 0 Å². The summed E-state index contributed by atoms with van der Waals surface area (Å²) in [6.45, 7) is 6.97. The third-order valence-corrected chi connectivity index (χ3v) is 5.28. The lowest BCUT2D eigenvalue weighted by atomic mass is 10.1. The van der Waals surface area contributed by atoms with Crippen molar-refractivity contribution in [1.29, 1.82) is 0 Å². The van der Waals surface area contributed by atoms with Gasteiger partial charge in [0.25, 0.3) is 0 Å². The van der Waals surface area contributed by atoms with Gasteiger partial charge in [0, 0.05) is 6.21 Å². The number of aliphatic imine (C=N–C) groups is 1. The Morgan fingerprint density at radius 3 is 2.41 bits per heavy atom. The molecular weight excluding hydrogens is 480 g/mol. The molecule has 0 fully saturated rings. The van der Waals surface area contributed by atoms with Crippen molar-refractivity contribution in [2.24, 2.45) is 4.99 Å². The molecule has 0 aliphatic carbocycles. The van der Waals surface area contributed by atoms with Gasteiger partial charge in [0.05, 0.1) is 15.9 Å². The van der Waals surface area contributed by atoms with Gasteiger partial charge in [0.2, 0.25) is 0 Å². The van der Waals surface area contributed by atoms with Gasteiger partial charge >= 0.3 is 0 Å². The molecule has 0 heterocycles. The number of benzene rings is 3. The van der Waals surface area contributed by atoms with Crippen molar-refractivity contribution < 1.29 is 13.9 Å². The van der Waals surface area contributed by atoms with Crippen LogP contribution in [0.5, 0.6) is 11.5 Å². The SMILES string of the molecule is CCOc1cc(C=Nc2ccc(C)c(C)c2)cc(I)c1OCc1ccc(F)cc1. The smallest absolute Gasteiger partial charge is 0.175 e. The van der Waals surface area contributed by atoms with E-state index in [1.807, 2.05) is 31.3 Å². The Kier molecular flexibility index (Phi) is 7.25. The van der Waals surface area contributed by atoms with Gasteiger partial charge in [0.1, 0.15) is 12.4 Å². The van der Waals surface area contributed by atoms with E-state index in [4.69, 9.17) is 9.47 Å². The summed E-state index contributed by atoms with van der Waals surface area (Å²) in [5, 5.41) is 0. The first-order valence-electron chi connectivity index (χ1n) is 9.41. The van der Waals surface area contributed by atoms with Gasteiger partial charge in [-0.05, 0) is 102 Å². The number of halogens is 2. The van der Waals surface area contributed by atoms with E-state index in [0.717, 1.165) is 20.4 Å². The van der Waals surface area contributed by atoms with Crippen molar-refractivity contribution >= 4 is 34.5 Å². The zero-order chi connectivity index (χ0) is 20.8. The van der Waals surface area contributed by atoms with Gasteiger partial charge in [-0.2, -0.15) is 0 Å². The van der Waals surface area contributed by atoms with Crippen LogP contribution < -0.4 is 9.47 Å². The van der Waals surface area contributed by atoms with E-state index in [9.17, 15) is 4.39 Å². The van der Waals surface area contributed by atoms with Crippen LogP contribution >= 0.6 is 22.6 Å². The average molecular weight is 503 g/mol. The van der Waals surface area contributed by atoms with E-state index in [-0.39, 0.29) is 5.82 Å². The van der Waals surface area contributed by atoms with Crippen LogP contribution in [0.1, 0.15) is 29.2 Å². The Labute approximate surface area is 184 Å². The lowest BCUT2D eigenvalue weighted by Gasteiger charge is -2.15. The summed E-state index contributed by atoms with van der Waals surface area (Å²) in [6.07, 6.45) is 1.83. The van der Waals surface area contributed by atoms with Gasteiger partial charge in [-0.3, -0.25) is 4.99 Å². The van der Waals surface area contributed by atoms with E-state index < -0.39 is 0 Å². The predicted molar refractivity (Wildman–Crippen MR) is 124 cm³/mol. The summed E-state index contributed by atoms with van der Waals surface area (Å²) in [4.78, 5) is 4.59. The molecule has 0 aliphatic heterocycles. The normalized spacial score (nSPS) is 11.1. The zero-order valence-corrected chi connectivity index (χ0v) is 18.9. The molecule has 0 aliphatic rings. The predicted octanol–water partition coefficient (Wildman–Crippen LogP) is 6.78. The van der Waals surface area contributed by atoms with Crippen LogP contribution in [0.25, 0.3) is 0 Å². The molecule has 3 nitrogen and oxygen atoms in total. The molecule has 0 radical (unpaired) electrons. The summed E-state index contributed by atoms with van der Waals surface area (Å²) in [5.74, 6) is 1.09. The molecule has 3 aromatic rings. The molecule has 0 bridgehead atoms. The first kappa shape index (κ1) is 21.3. The molecule has 0 atom stereocenters.